The quantitative estimate of drug-likeness (QED) is 0.661. The van der Waals surface area contributed by atoms with Crippen LogP contribution in [0.2, 0.25) is 0 Å². The zero-order valence-electron chi connectivity index (χ0n) is 10.2. The summed E-state index contributed by atoms with van der Waals surface area (Å²) in [5.74, 6) is 0.639. The van der Waals surface area contributed by atoms with Crippen molar-refractivity contribution in [1.29, 1.82) is 0 Å². The maximum Gasteiger partial charge on any atom is 0.433 e. The molecule has 0 radical (unpaired) electrons. The number of rotatable bonds is 4. The lowest BCUT2D eigenvalue weighted by atomic mass is 10.1. The number of aromatic nitrogens is 2. The van der Waals surface area contributed by atoms with Gasteiger partial charge in [0.1, 0.15) is 16.4 Å². The van der Waals surface area contributed by atoms with Crippen LogP contribution in [0.5, 0.6) is 0 Å². The summed E-state index contributed by atoms with van der Waals surface area (Å²) in [5.41, 5.74) is 7.36. The maximum atomic E-state index is 10.6. The fraction of sp³-hybridized carbons (Fsp3) is 0.364. The summed E-state index contributed by atoms with van der Waals surface area (Å²) >= 11 is 0. The molecule has 0 spiro atoms. The number of hydrogen-bond donors (Lipinski definition) is 1. The van der Waals surface area contributed by atoms with E-state index in [1.807, 2.05) is 6.92 Å². The molecule has 2 aromatic rings. The normalized spacial score (nSPS) is 10.8. The minimum atomic E-state index is -0.574. The first kappa shape index (κ1) is 12.2. The first-order valence-corrected chi connectivity index (χ1v) is 5.60. The molecular formula is C11H14N4O3. The van der Waals surface area contributed by atoms with Gasteiger partial charge in [0.05, 0.1) is 6.07 Å². The van der Waals surface area contributed by atoms with E-state index in [4.69, 9.17) is 10.2 Å². The average molecular weight is 250 g/mol. The SMILES string of the molecule is CCCc1c(-c2ccc([N+](=O)[O-])o2)nn(C)c1N. The van der Waals surface area contributed by atoms with Gasteiger partial charge in [-0.15, -0.1) is 0 Å². The Morgan fingerprint density at radius 2 is 2.28 bits per heavy atom. The Kier molecular flexibility index (Phi) is 3.05. The van der Waals surface area contributed by atoms with E-state index in [2.05, 4.69) is 5.10 Å². The number of anilines is 1. The molecule has 2 N–H and O–H groups in total. The minimum absolute atomic E-state index is 0.295. The van der Waals surface area contributed by atoms with Crippen molar-refractivity contribution in [3.63, 3.8) is 0 Å². The molecule has 96 valence electrons. The van der Waals surface area contributed by atoms with Gasteiger partial charge in [0, 0.05) is 12.6 Å². The van der Waals surface area contributed by atoms with Gasteiger partial charge < -0.3 is 10.2 Å². The van der Waals surface area contributed by atoms with Gasteiger partial charge in [0.15, 0.2) is 5.76 Å². The highest BCUT2D eigenvalue weighted by molar-refractivity contribution is 5.65. The number of nitro groups is 1. The van der Waals surface area contributed by atoms with Crippen LogP contribution in [0.25, 0.3) is 11.5 Å². The summed E-state index contributed by atoms with van der Waals surface area (Å²) in [6, 6.07) is 2.86. The van der Waals surface area contributed by atoms with E-state index < -0.39 is 4.92 Å². The molecule has 0 unspecified atom stereocenters. The predicted molar refractivity (Wildman–Crippen MR) is 66.0 cm³/mol. The van der Waals surface area contributed by atoms with Crippen LogP contribution in [0.15, 0.2) is 16.5 Å². The Morgan fingerprint density at radius 3 is 2.83 bits per heavy atom. The second-order valence-electron chi connectivity index (χ2n) is 3.98. The van der Waals surface area contributed by atoms with E-state index in [0.717, 1.165) is 18.4 Å². The van der Waals surface area contributed by atoms with Crippen LogP contribution < -0.4 is 5.73 Å². The van der Waals surface area contributed by atoms with Crippen LogP contribution >= 0.6 is 0 Å². The van der Waals surface area contributed by atoms with Crippen LogP contribution in [-0.4, -0.2) is 14.7 Å². The average Bonchev–Trinajstić information content (AvgIpc) is 2.90. The van der Waals surface area contributed by atoms with Crippen molar-refractivity contribution in [3.8, 4) is 11.5 Å². The Bertz CT molecular complexity index is 585. The smallest absolute Gasteiger partial charge is 0.399 e. The number of nitrogen functional groups attached to an aromatic ring is 1. The summed E-state index contributed by atoms with van der Waals surface area (Å²) < 4.78 is 6.71. The highest BCUT2D eigenvalue weighted by Crippen LogP contribution is 2.31. The van der Waals surface area contributed by atoms with Gasteiger partial charge in [0.2, 0.25) is 0 Å². The van der Waals surface area contributed by atoms with Crippen LogP contribution in [0.3, 0.4) is 0 Å². The fourth-order valence-corrected chi connectivity index (χ4v) is 1.83. The van der Waals surface area contributed by atoms with E-state index in [1.165, 1.54) is 6.07 Å². The lowest BCUT2D eigenvalue weighted by Gasteiger charge is -1.98. The molecular weight excluding hydrogens is 236 g/mol. The largest absolute Gasteiger partial charge is 0.433 e. The number of nitrogens with zero attached hydrogens (tertiary/aromatic N) is 3. The fourth-order valence-electron chi connectivity index (χ4n) is 1.83. The molecule has 2 rings (SSSR count). The van der Waals surface area contributed by atoms with Crippen LogP contribution in [0.4, 0.5) is 11.7 Å². The highest BCUT2D eigenvalue weighted by atomic mass is 16.6. The van der Waals surface area contributed by atoms with Gasteiger partial charge >= 0.3 is 5.88 Å². The molecule has 2 aromatic heterocycles. The van der Waals surface area contributed by atoms with Crippen LogP contribution in [0, 0.1) is 10.1 Å². The van der Waals surface area contributed by atoms with Crippen molar-refractivity contribution in [3.05, 3.63) is 27.8 Å². The Labute approximate surface area is 103 Å². The van der Waals surface area contributed by atoms with Gasteiger partial charge in [-0.2, -0.15) is 5.10 Å². The van der Waals surface area contributed by atoms with Crippen LogP contribution in [0.1, 0.15) is 18.9 Å². The summed E-state index contributed by atoms with van der Waals surface area (Å²) in [6.45, 7) is 2.03. The molecule has 0 aliphatic rings. The van der Waals surface area contributed by atoms with Crippen molar-refractivity contribution < 1.29 is 9.34 Å². The third kappa shape index (κ3) is 1.94. The second-order valence-corrected chi connectivity index (χ2v) is 3.98. The molecule has 0 fully saturated rings. The first-order valence-electron chi connectivity index (χ1n) is 5.60. The summed E-state index contributed by atoms with van der Waals surface area (Å²) in [4.78, 5) is 10.0. The van der Waals surface area contributed by atoms with Crippen molar-refractivity contribution in [2.75, 3.05) is 5.73 Å². The Morgan fingerprint density at radius 1 is 1.56 bits per heavy atom. The Balaban J connectivity index is 2.48. The minimum Gasteiger partial charge on any atom is -0.399 e. The van der Waals surface area contributed by atoms with Crippen molar-refractivity contribution in [1.82, 2.24) is 9.78 Å². The third-order valence-electron chi connectivity index (χ3n) is 2.70. The molecule has 0 aliphatic heterocycles. The molecule has 0 atom stereocenters. The zero-order chi connectivity index (χ0) is 13.3. The van der Waals surface area contributed by atoms with E-state index in [9.17, 15) is 10.1 Å². The standard InChI is InChI=1S/C11H14N4O3/c1-3-4-7-10(13-14(2)11(7)12)8-5-6-9(18-8)15(16)17/h5-6H,3-4,12H2,1-2H3. The summed E-state index contributed by atoms with van der Waals surface area (Å²) in [6.07, 6.45) is 1.66. The number of furan rings is 1. The predicted octanol–water partition coefficient (Wildman–Crippen LogP) is 2.12. The van der Waals surface area contributed by atoms with Gasteiger partial charge in [0.25, 0.3) is 0 Å². The Hall–Kier alpha value is -2.31. The number of aryl methyl sites for hydroxylation is 1. The number of hydrogen-bond acceptors (Lipinski definition) is 5. The number of nitrogens with two attached hydrogens (primary N) is 1. The first-order chi connectivity index (χ1) is 8.54. The lowest BCUT2D eigenvalue weighted by Crippen LogP contribution is -1.99. The molecule has 7 nitrogen and oxygen atoms in total. The maximum absolute atomic E-state index is 10.6. The monoisotopic (exact) mass is 250 g/mol. The molecule has 7 heteroatoms. The van der Waals surface area contributed by atoms with E-state index >= 15 is 0 Å². The van der Waals surface area contributed by atoms with Crippen LogP contribution in [-0.2, 0) is 13.5 Å². The van der Waals surface area contributed by atoms with Gasteiger partial charge in [-0.05, 0) is 12.5 Å². The molecule has 0 bridgehead atoms. The second kappa shape index (κ2) is 4.52. The third-order valence-corrected chi connectivity index (χ3v) is 2.70. The lowest BCUT2D eigenvalue weighted by molar-refractivity contribution is -0.401. The molecule has 0 aromatic carbocycles. The van der Waals surface area contributed by atoms with Crippen molar-refractivity contribution in [2.24, 2.45) is 7.05 Å². The van der Waals surface area contributed by atoms with E-state index in [1.54, 1.807) is 17.8 Å². The van der Waals surface area contributed by atoms with Gasteiger partial charge in [-0.1, -0.05) is 13.3 Å². The topological polar surface area (TPSA) is 100 Å². The molecule has 2 heterocycles. The summed E-state index contributed by atoms with van der Waals surface area (Å²) in [5, 5.41) is 14.8. The highest BCUT2D eigenvalue weighted by Gasteiger charge is 2.20. The zero-order valence-corrected chi connectivity index (χ0v) is 10.2. The summed E-state index contributed by atoms with van der Waals surface area (Å²) in [7, 11) is 1.73. The van der Waals surface area contributed by atoms with Crippen molar-refractivity contribution in [2.45, 2.75) is 19.8 Å². The van der Waals surface area contributed by atoms with Gasteiger partial charge in [-0.3, -0.25) is 14.8 Å². The molecule has 18 heavy (non-hydrogen) atoms. The van der Waals surface area contributed by atoms with E-state index in [0.29, 0.717) is 17.3 Å². The van der Waals surface area contributed by atoms with E-state index in [-0.39, 0.29) is 5.88 Å². The molecule has 0 amide bonds. The molecule has 0 saturated heterocycles. The molecule has 0 aliphatic carbocycles. The van der Waals surface area contributed by atoms with Crippen molar-refractivity contribution >= 4 is 11.7 Å². The molecule has 0 saturated carbocycles. The van der Waals surface area contributed by atoms with Gasteiger partial charge in [-0.25, -0.2) is 0 Å².